The van der Waals surface area contributed by atoms with Gasteiger partial charge >= 0.3 is 0 Å². The maximum absolute atomic E-state index is 14.4. The highest BCUT2D eigenvalue weighted by molar-refractivity contribution is 7.92. The number of carbonyl (C=O) groups excluding carboxylic acids is 2. The minimum Gasteiger partial charge on any atom is -0.336 e. The van der Waals surface area contributed by atoms with Gasteiger partial charge in [-0.25, -0.2) is 31.0 Å². The van der Waals surface area contributed by atoms with Crippen molar-refractivity contribution in [2.75, 3.05) is 0 Å². The molecule has 0 aliphatic carbocycles. The Labute approximate surface area is 224 Å². The fraction of sp³-hybridized carbons (Fsp3) is 0.0345. The summed E-state index contributed by atoms with van der Waals surface area (Å²) < 4.78 is 30.6. The molecule has 1 heterocycles. The fourth-order valence-electron chi connectivity index (χ4n) is 4.93. The molecular formula is C29H23N5O4S. The second-order valence-corrected chi connectivity index (χ2v) is 10.6. The van der Waals surface area contributed by atoms with Crippen LogP contribution in [0.1, 0.15) is 20.7 Å². The molecule has 0 saturated heterocycles. The molecule has 39 heavy (non-hydrogen) atoms. The van der Waals surface area contributed by atoms with Crippen molar-refractivity contribution in [3.05, 3.63) is 96.6 Å². The van der Waals surface area contributed by atoms with E-state index in [4.69, 9.17) is 11.7 Å². The topological polar surface area (TPSA) is 153 Å². The van der Waals surface area contributed by atoms with E-state index in [0.29, 0.717) is 56.8 Å². The van der Waals surface area contributed by atoms with Crippen molar-refractivity contribution in [2.45, 2.75) is 16.3 Å². The van der Waals surface area contributed by atoms with E-state index in [2.05, 4.69) is 17.4 Å². The second kappa shape index (κ2) is 10.2. The van der Waals surface area contributed by atoms with Crippen LogP contribution in [0.5, 0.6) is 0 Å². The lowest BCUT2D eigenvalue weighted by Crippen LogP contribution is -2.14. The largest absolute Gasteiger partial charge is 0.336 e. The lowest BCUT2D eigenvalue weighted by Gasteiger charge is -2.16. The Hall–Kier alpha value is -4.77. The van der Waals surface area contributed by atoms with Crippen LogP contribution in [0.15, 0.2) is 95.2 Å². The Morgan fingerprint density at radius 3 is 2.21 bits per heavy atom. The van der Waals surface area contributed by atoms with Crippen molar-refractivity contribution >= 4 is 55.6 Å². The van der Waals surface area contributed by atoms with Crippen LogP contribution in [0.2, 0.25) is 0 Å². The predicted molar refractivity (Wildman–Crippen MR) is 150 cm³/mol. The molecule has 5 rings (SSSR count). The van der Waals surface area contributed by atoms with Crippen molar-refractivity contribution in [3.8, 4) is 11.1 Å². The van der Waals surface area contributed by atoms with E-state index in [-0.39, 0.29) is 27.6 Å². The van der Waals surface area contributed by atoms with Gasteiger partial charge in [-0.3, -0.25) is 9.59 Å². The lowest BCUT2D eigenvalue weighted by molar-refractivity contribution is 0.111. The predicted octanol–water partition coefficient (Wildman–Crippen LogP) is 4.32. The average molecular weight is 538 g/mol. The molecule has 9 nitrogen and oxygen atoms in total. The highest BCUT2D eigenvalue weighted by atomic mass is 32.2. The molecule has 0 aliphatic rings. The number of allylic oxidation sites excluding steroid dienone is 1. The fourth-order valence-corrected chi connectivity index (χ4v) is 6.60. The molecular weight excluding hydrogens is 514 g/mol. The van der Waals surface area contributed by atoms with Crippen molar-refractivity contribution < 1.29 is 18.0 Å². The minimum absolute atomic E-state index is 0.0212. The number of carbonyl (C=O) groups is 2. The van der Waals surface area contributed by atoms with Gasteiger partial charge < -0.3 is 4.57 Å². The van der Waals surface area contributed by atoms with Crippen molar-refractivity contribution in [2.24, 2.45) is 11.7 Å². The van der Waals surface area contributed by atoms with Gasteiger partial charge in [-0.2, -0.15) is 0 Å². The summed E-state index contributed by atoms with van der Waals surface area (Å²) >= 11 is 0. The van der Waals surface area contributed by atoms with Crippen LogP contribution in [-0.4, -0.2) is 25.6 Å². The molecule has 2 radical (unpaired) electrons. The van der Waals surface area contributed by atoms with Gasteiger partial charge in [0, 0.05) is 45.1 Å². The SMILES string of the molecule is C=CCn1c2ccc(C=O)cc2c2cc(C=O)cc(S(=O)(=O)c3cccc(-c4ccccc4[N]N)c3[N]N)c21. The molecule has 0 saturated carbocycles. The third-order valence-electron chi connectivity index (χ3n) is 6.59. The first-order chi connectivity index (χ1) is 18.9. The van der Waals surface area contributed by atoms with Crippen LogP contribution in [-0.2, 0) is 16.4 Å². The molecule has 0 fully saturated rings. The summed E-state index contributed by atoms with van der Waals surface area (Å²) in [5, 5.41) is 1.14. The van der Waals surface area contributed by atoms with Crippen LogP contribution >= 0.6 is 0 Å². The highest BCUT2D eigenvalue weighted by Gasteiger charge is 2.29. The molecule has 0 aliphatic heterocycles. The van der Waals surface area contributed by atoms with Gasteiger partial charge in [-0.1, -0.05) is 36.4 Å². The summed E-state index contributed by atoms with van der Waals surface area (Å²) in [4.78, 5) is 23.2. The van der Waals surface area contributed by atoms with Crippen LogP contribution in [0.25, 0.3) is 32.9 Å². The zero-order valence-electron chi connectivity index (χ0n) is 20.6. The monoisotopic (exact) mass is 537 g/mol. The number of fused-ring (bicyclic) bond motifs is 3. The molecule has 5 aromatic rings. The first kappa shape index (κ1) is 25.9. The van der Waals surface area contributed by atoms with E-state index in [1.165, 1.54) is 12.1 Å². The van der Waals surface area contributed by atoms with Crippen molar-refractivity contribution in [1.82, 2.24) is 15.4 Å². The van der Waals surface area contributed by atoms with E-state index in [1.54, 1.807) is 71.3 Å². The van der Waals surface area contributed by atoms with E-state index in [9.17, 15) is 18.0 Å². The number of hydrogen-bond donors (Lipinski definition) is 2. The molecule has 10 heteroatoms. The smallest absolute Gasteiger partial charge is 0.210 e. The van der Waals surface area contributed by atoms with Gasteiger partial charge in [-0.05, 0) is 42.5 Å². The molecule has 0 unspecified atom stereocenters. The maximum Gasteiger partial charge on any atom is 0.210 e. The van der Waals surface area contributed by atoms with E-state index >= 15 is 0 Å². The Morgan fingerprint density at radius 1 is 0.795 bits per heavy atom. The summed E-state index contributed by atoms with van der Waals surface area (Å²) in [6.45, 7) is 4.10. The first-order valence-electron chi connectivity index (χ1n) is 11.8. The molecule has 0 atom stereocenters. The number of nitrogens with two attached hydrogens (primary N) is 2. The van der Waals surface area contributed by atoms with Gasteiger partial charge in [0.15, 0.2) is 0 Å². The van der Waals surface area contributed by atoms with E-state index in [0.717, 1.165) is 0 Å². The number of aldehydes is 2. The number of nitrogens with zero attached hydrogens (tertiary/aromatic N) is 3. The van der Waals surface area contributed by atoms with Gasteiger partial charge in [0.25, 0.3) is 0 Å². The summed E-state index contributed by atoms with van der Waals surface area (Å²) in [5.41, 5.74) is 10.7. The maximum atomic E-state index is 14.4. The summed E-state index contributed by atoms with van der Waals surface area (Å²) in [5.74, 6) is 11.4. The van der Waals surface area contributed by atoms with Crippen molar-refractivity contribution in [3.63, 3.8) is 0 Å². The van der Waals surface area contributed by atoms with E-state index in [1.807, 2.05) is 0 Å². The summed E-state index contributed by atoms with van der Waals surface area (Å²) in [6.07, 6.45) is 2.94. The van der Waals surface area contributed by atoms with Crippen LogP contribution in [0, 0.1) is 0 Å². The summed E-state index contributed by atoms with van der Waals surface area (Å²) in [6, 6.07) is 19.6. The molecule has 4 aromatic carbocycles. The van der Waals surface area contributed by atoms with Gasteiger partial charge in [0.1, 0.15) is 18.3 Å². The molecule has 0 spiro atoms. The third kappa shape index (κ3) is 4.16. The van der Waals surface area contributed by atoms with Crippen LogP contribution in [0.4, 0.5) is 11.4 Å². The Bertz CT molecular complexity index is 1890. The molecule has 4 N–H and O–H groups in total. The highest BCUT2D eigenvalue weighted by Crippen LogP contribution is 2.42. The Balaban J connectivity index is 1.88. The van der Waals surface area contributed by atoms with Crippen LogP contribution < -0.4 is 22.5 Å². The average Bonchev–Trinajstić information content (AvgIpc) is 3.28. The number of rotatable bonds is 9. The number of hydrogen-bond acceptors (Lipinski definition) is 6. The lowest BCUT2D eigenvalue weighted by atomic mass is 10.0. The second-order valence-electron chi connectivity index (χ2n) is 8.76. The number of sulfone groups is 1. The van der Waals surface area contributed by atoms with Gasteiger partial charge in [0.2, 0.25) is 9.84 Å². The first-order valence-corrected chi connectivity index (χ1v) is 13.3. The third-order valence-corrected chi connectivity index (χ3v) is 8.39. The molecule has 0 bridgehead atoms. The molecule has 0 amide bonds. The van der Waals surface area contributed by atoms with Gasteiger partial charge in [0.05, 0.1) is 21.0 Å². The standard InChI is InChI=1S/C29H23N5O4S/c1-2-12-34-25-11-10-18(16-35)13-22(25)23-14-19(17-36)15-27(29(23)34)39(37,38)26-9-5-7-21(28(26)33-31)20-6-3-4-8-24(20)32-30/h2-11,13-17H,1,12,30-31H2. The molecule has 194 valence electrons. The van der Waals surface area contributed by atoms with Crippen LogP contribution in [0.3, 0.4) is 0 Å². The Kier molecular flexibility index (Phi) is 6.75. The summed E-state index contributed by atoms with van der Waals surface area (Å²) in [7, 11) is -4.31. The molecule has 1 aromatic heterocycles. The minimum atomic E-state index is -4.31. The zero-order valence-corrected chi connectivity index (χ0v) is 21.4. The van der Waals surface area contributed by atoms with Gasteiger partial charge in [-0.15, -0.1) is 6.58 Å². The number of aromatic nitrogens is 1. The van der Waals surface area contributed by atoms with Crippen molar-refractivity contribution in [1.29, 1.82) is 0 Å². The van der Waals surface area contributed by atoms with E-state index < -0.39 is 9.84 Å². The number of benzene rings is 4. The zero-order chi connectivity index (χ0) is 27.7. The quantitative estimate of drug-likeness (QED) is 0.124. The Morgan fingerprint density at radius 2 is 1.51 bits per heavy atom. The normalized spacial score (nSPS) is 11.4.